The number of nitrogens with two attached hydrogens (primary N) is 3. The van der Waals surface area contributed by atoms with E-state index >= 15 is 0 Å². The average molecular weight is 583 g/mol. The second-order valence-corrected chi connectivity index (χ2v) is 11.5. The molecular formula is C31H30N6O4S. The molecule has 214 valence electrons. The van der Waals surface area contributed by atoms with Crippen LogP contribution >= 0.6 is 11.3 Å². The molecule has 2 unspecified atom stereocenters. The van der Waals surface area contributed by atoms with Crippen molar-refractivity contribution in [1.82, 2.24) is 15.6 Å². The third-order valence-corrected chi connectivity index (χ3v) is 9.29. The van der Waals surface area contributed by atoms with E-state index in [0.29, 0.717) is 55.4 Å². The number of thiophene rings is 1. The number of hydrogen-bond acceptors (Lipinski definition) is 9. The van der Waals surface area contributed by atoms with Gasteiger partial charge < -0.3 is 32.6 Å². The van der Waals surface area contributed by atoms with Gasteiger partial charge >= 0.3 is 0 Å². The molecular weight excluding hydrogens is 552 g/mol. The molecule has 1 fully saturated rings. The summed E-state index contributed by atoms with van der Waals surface area (Å²) in [5.41, 5.74) is 20.3. The van der Waals surface area contributed by atoms with Crippen LogP contribution in [-0.2, 0) is 15.1 Å². The lowest BCUT2D eigenvalue weighted by Crippen LogP contribution is -2.52. The Morgan fingerprint density at radius 3 is 2.50 bits per heavy atom. The Bertz CT molecular complexity index is 1720. The molecule has 2 aliphatic carbocycles. The molecule has 0 spiro atoms. The van der Waals surface area contributed by atoms with Crippen molar-refractivity contribution >= 4 is 44.7 Å². The van der Waals surface area contributed by atoms with Crippen molar-refractivity contribution in [1.29, 1.82) is 0 Å². The van der Waals surface area contributed by atoms with Crippen LogP contribution in [-0.4, -0.2) is 34.7 Å². The number of nitrogens with zero attached hydrogens (tertiary/aromatic N) is 1. The first-order valence-electron chi connectivity index (χ1n) is 13.6. The lowest BCUT2D eigenvalue weighted by Gasteiger charge is -2.36. The molecule has 6 rings (SSSR count). The number of benzene rings is 2. The van der Waals surface area contributed by atoms with Crippen LogP contribution in [0.25, 0.3) is 10.1 Å². The molecule has 2 aromatic carbocycles. The number of Topliss-reactive ketones (excluding diaryl/α,β-unsaturated/α-hetero) is 1. The molecule has 11 heteroatoms. The van der Waals surface area contributed by atoms with Gasteiger partial charge in [-0.15, -0.1) is 11.3 Å². The van der Waals surface area contributed by atoms with Crippen molar-refractivity contribution in [3.63, 3.8) is 0 Å². The van der Waals surface area contributed by atoms with Gasteiger partial charge in [-0.2, -0.15) is 0 Å². The highest BCUT2D eigenvalue weighted by Gasteiger charge is 2.49. The summed E-state index contributed by atoms with van der Waals surface area (Å²) in [6.45, 7) is 3.50. The monoisotopic (exact) mass is 582 g/mol. The molecule has 0 bridgehead atoms. The molecule has 2 aliphatic rings. The topological polar surface area (TPSA) is 175 Å². The Labute approximate surface area is 245 Å². The van der Waals surface area contributed by atoms with Crippen LogP contribution in [0, 0.1) is 0 Å². The van der Waals surface area contributed by atoms with Gasteiger partial charge in [-0.1, -0.05) is 30.8 Å². The minimum atomic E-state index is -1.58. The number of rotatable bonds is 7. The lowest BCUT2D eigenvalue weighted by molar-refractivity contribution is -0.124. The predicted octanol–water partition coefficient (Wildman–Crippen LogP) is 3.41. The molecule has 0 aliphatic heterocycles. The summed E-state index contributed by atoms with van der Waals surface area (Å²) >= 11 is 1.19. The van der Waals surface area contributed by atoms with E-state index < -0.39 is 17.4 Å². The van der Waals surface area contributed by atoms with Gasteiger partial charge in [0.05, 0.1) is 15.6 Å². The summed E-state index contributed by atoms with van der Waals surface area (Å²) in [6.07, 6.45) is 5.14. The molecule has 2 heterocycles. The van der Waals surface area contributed by atoms with Gasteiger partial charge in [0.1, 0.15) is 11.3 Å². The Hall–Kier alpha value is -4.58. The van der Waals surface area contributed by atoms with Crippen molar-refractivity contribution in [2.75, 3.05) is 5.73 Å². The summed E-state index contributed by atoms with van der Waals surface area (Å²) in [7, 11) is 0. The van der Waals surface area contributed by atoms with Gasteiger partial charge in [0.15, 0.2) is 5.78 Å². The first kappa shape index (κ1) is 27.6. The number of amides is 2. The number of anilines is 1. The molecule has 8 N–H and O–H groups in total. The fourth-order valence-electron chi connectivity index (χ4n) is 5.94. The molecule has 0 saturated heterocycles. The van der Waals surface area contributed by atoms with Crippen LogP contribution in [0.4, 0.5) is 5.69 Å². The van der Waals surface area contributed by atoms with Gasteiger partial charge in [0.2, 0.25) is 11.8 Å². The number of ether oxygens (including phenoxy) is 1. The number of nitrogens with one attached hydrogen (secondary N) is 2. The number of carbonyl (C=O) groups is 3. The smallest absolute Gasteiger partial charge is 0.262 e. The van der Waals surface area contributed by atoms with E-state index in [1.165, 1.54) is 17.4 Å². The third kappa shape index (κ3) is 4.51. The van der Waals surface area contributed by atoms with Crippen LogP contribution < -0.4 is 32.6 Å². The van der Waals surface area contributed by atoms with Crippen molar-refractivity contribution in [3.05, 3.63) is 95.0 Å². The SMILES string of the molecule is C=CC(=O)N[C@H]1CCC[C@H]1NC(=O)c1sc2c(N)ccc3c2c1C(N)C(=O)C3(N)c1ccc(Oc2ccccn2)cc1. The minimum Gasteiger partial charge on any atom is -0.439 e. The van der Waals surface area contributed by atoms with Crippen molar-refractivity contribution in [2.24, 2.45) is 11.5 Å². The standard InChI is InChI=1S/C31H30N6O4S/c1-2-22(38)36-20-6-5-7-21(20)37-30(40)28-25-24-18(13-14-19(32)27(24)42-28)31(34,29(39)26(25)33)16-9-11-17(12-10-16)41-23-8-3-4-15-35-23/h2-4,8-15,20-21,26H,1,5-7,32-34H2,(H,36,38)(H,37,40)/t20-,21+,26?,31?/m0/s1. The van der Waals surface area contributed by atoms with E-state index in [1.54, 1.807) is 54.7 Å². The molecule has 10 nitrogen and oxygen atoms in total. The van der Waals surface area contributed by atoms with Crippen LogP contribution in [0.1, 0.15) is 51.7 Å². The van der Waals surface area contributed by atoms with Gasteiger partial charge in [0, 0.05) is 41.0 Å². The molecule has 2 aromatic heterocycles. The van der Waals surface area contributed by atoms with E-state index in [9.17, 15) is 14.4 Å². The summed E-state index contributed by atoms with van der Waals surface area (Å²) < 4.78 is 6.44. The summed E-state index contributed by atoms with van der Waals surface area (Å²) in [6, 6.07) is 14.0. The van der Waals surface area contributed by atoms with Crippen LogP contribution in [0.5, 0.6) is 11.6 Å². The fourth-order valence-corrected chi connectivity index (χ4v) is 7.15. The minimum absolute atomic E-state index is 0.220. The molecule has 4 atom stereocenters. The van der Waals surface area contributed by atoms with Crippen LogP contribution in [0.3, 0.4) is 0 Å². The number of hydrogen-bond donors (Lipinski definition) is 5. The number of pyridine rings is 1. The Balaban J connectivity index is 1.37. The summed E-state index contributed by atoms with van der Waals surface area (Å²) in [5, 5.41) is 6.56. The highest BCUT2D eigenvalue weighted by molar-refractivity contribution is 7.21. The Morgan fingerprint density at radius 1 is 1.07 bits per heavy atom. The maximum atomic E-state index is 14.0. The van der Waals surface area contributed by atoms with Crippen molar-refractivity contribution in [2.45, 2.75) is 42.9 Å². The maximum absolute atomic E-state index is 14.0. The molecule has 42 heavy (non-hydrogen) atoms. The Kier molecular flexibility index (Phi) is 7.01. The second kappa shape index (κ2) is 10.7. The number of ketones is 1. The van der Waals surface area contributed by atoms with Crippen molar-refractivity contribution < 1.29 is 19.1 Å². The van der Waals surface area contributed by atoms with E-state index in [-0.39, 0.29) is 23.9 Å². The maximum Gasteiger partial charge on any atom is 0.262 e. The van der Waals surface area contributed by atoms with Gasteiger partial charge in [-0.25, -0.2) is 4.98 Å². The number of carbonyl (C=O) groups excluding carboxylic acids is 3. The first-order valence-corrected chi connectivity index (χ1v) is 14.4. The van der Waals surface area contributed by atoms with Crippen LogP contribution in [0.15, 0.2) is 73.4 Å². The Morgan fingerprint density at radius 2 is 1.81 bits per heavy atom. The van der Waals surface area contributed by atoms with E-state index in [0.717, 1.165) is 12.8 Å². The average Bonchev–Trinajstić information content (AvgIpc) is 3.61. The molecule has 0 radical (unpaired) electrons. The van der Waals surface area contributed by atoms with E-state index in [4.69, 9.17) is 21.9 Å². The van der Waals surface area contributed by atoms with Crippen molar-refractivity contribution in [3.8, 4) is 11.6 Å². The third-order valence-electron chi connectivity index (χ3n) is 8.03. The summed E-state index contributed by atoms with van der Waals surface area (Å²) in [5.74, 6) is -0.141. The quantitative estimate of drug-likeness (QED) is 0.163. The fraction of sp³-hybridized carbons (Fsp3) is 0.226. The highest BCUT2D eigenvalue weighted by Crippen LogP contribution is 2.49. The van der Waals surface area contributed by atoms with E-state index in [1.807, 2.05) is 6.07 Å². The second-order valence-electron chi connectivity index (χ2n) is 10.5. The largest absolute Gasteiger partial charge is 0.439 e. The molecule has 1 saturated carbocycles. The normalized spacial score (nSPS) is 23.0. The predicted molar refractivity (Wildman–Crippen MR) is 161 cm³/mol. The molecule has 2 amide bonds. The zero-order valence-electron chi connectivity index (χ0n) is 22.6. The van der Waals surface area contributed by atoms with Gasteiger partial charge in [-0.3, -0.25) is 14.4 Å². The number of nitrogen functional groups attached to an aromatic ring is 1. The molecule has 4 aromatic rings. The number of aromatic nitrogens is 1. The van der Waals surface area contributed by atoms with Crippen LogP contribution in [0.2, 0.25) is 0 Å². The highest BCUT2D eigenvalue weighted by atomic mass is 32.1. The zero-order chi connectivity index (χ0) is 29.6. The van der Waals surface area contributed by atoms with Gasteiger partial charge in [0.25, 0.3) is 5.91 Å². The van der Waals surface area contributed by atoms with Gasteiger partial charge in [-0.05, 0) is 60.7 Å². The van der Waals surface area contributed by atoms with E-state index in [2.05, 4.69) is 22.2 Å². The summed E-state index contributed by atoms with van der Waals surface area (Å²) in [4.78, 5) is 44.1. The lowest BCUT2D eigenvalue weighted by atomic mass is 9.70. The zero-order valence-corrected chi connectivity index (χ0v) is 23.4. The first-order chi connectivity index (χ1) is 20.2.